The Hall–Kier alpha value is -1.92. The third-order valence-corrected chi connectivity index (χ3v) is 7.54. The van der Waals surface area contributed by atoms with Crippen LogP contribution in [0.15, 0.2) is 18.2 Å². The van der Waals surface area contributed by atoms with E-state index in [4.69, 9.17) is 0 Å². The summed E-state index contributed by atoms with van der Waals surface area (Å²) < 4.78 is 67.6. The quantitative estimate of drug-likeness (QED) is 0.520. The Balaban J connectivity index is 1.75. The van der Waals surface area contributed by atoms with E-state index in [-0.39, 0.29) is 43.7 Å². The molecule has 2 heterocycles. The number of hydrogen-bond donors (Lipinski definition) is 0. The van der Waals surface area contributed by atoms with Crippen LogP contribution < -0.4 is 4.90 Å². The van der Waals surface area contributed by atoms with Gasteiger partial charge in [0.2, 0.25) is 0 Å². The minimum absolute atomic E-state index is 0.0604. The number of hydrogen-bond acceptors (Lipinski definition) is 5. The molecule has 2 aliphatic rings. The number of piperazine rings is 1. The number of halogens is 3. The van der Waals surface area contributed by atoms with Gasteiger partial charge < -0.3 is 4.90 Å². The van der Waals surface area contributed by atoms with Crippen molar-refractivity contribution in [3.05, 3.63) is 33.9 Å². The fourth-order valence-electron chi connectivity index (χ4n) is 4.23. The number of rotatable bonds is 4. The molecule has 168 valence electrons. The molecule has 2 aliphatic heterocycles. The molecule has 1 aromatic rings. The maximum absolute atomic E-state index is 13.0. The Bertz CT molecular complexity index is 891. The molecular formula is C18H25F3N4O4S. The van der Waals surface area contributed by atoms with E-state index in [9.17, 15) is 31.7 Å². The summed E-state index contributed by atoms with van der Waals surface area (Å²) in [6.07, 6.45) is -3.71. The molecule has 30 heavy (non-hydrogen) atoms. The molecule has 0 N–H and O–H groups in total. The molecule has 12 heteroatoms. The maximum Gasteiger partial charge on any atom is 0.416 e. The number of piperidine rings is 1. The zero-order valence-corrected chi connectivity index (χ0v) is 17.6. The molecule has 2 atom stereocenters. The Kier molecular flexibility index (Phi) is 6.30. The lowest BCUT2D eigenvalue weighted by Gasteiger charge is -2.40. The van der Waals surface area contributed by atoms with Crippen LogP contribution in [-0.2, 0) is 16.4 Å². The van der Waals surface area contributed by atoms with Gasteiger partial charge in [-0.3, -0.25) is 10.1 Å². The van der Waals surface area contributed by atoms with Gasteiger partial charge >= 0.3 is 6.18 Å². The van der Waals surface area contributed by atoms with E-state index in [0.29, 0.717) is 19.2 Å². The number of nitro benzene ring substituents is 1. The lowest BCUT2D eigenvalue weighted by molar-refractivity contribution is -0.384. The highest BCUT2D eigenvalue weighted by Crippen LogP contribution is 2.37. The summed E-state index contributed by atoms with van der Waals surface area (Å²) >= 11 is 0. The van der Waals surface area contributed by atoms with Crippen LogP contribution in [0.2, 0.25) is 0 Å². The average molecular weight is 450 g/mol. The first-order valence-electron chi connectivity index (χ1n) is 9.75. The molecule has 0 saturated carbocycles. The van der Waals surface area contributed by atoms with Crippen LogP contribution in [0.4, 0.5) is 24.5 Å². The number of benzene rings is 1. The minimum Gasteiger partial charge on any atom is -0.363 e. The molecule has 0 aromatic heterocycles. The fraction of sp³-hybridized carbons (Fsp3) is 0.667. The lowest BCUT2D eigenvalue weighted by Crippen LogP contribution is -2.55. The fourth-order valence-corrected chi connectivity index (χ4v) is 6.07. The van der Waals surface area contributed by atoms with Crippen LogP contribution in [-0.4, -0.2) is 61.2 Å². The minimum atomic E-state index is -4.68. The highest BCUT2D eigenvalue weighted by atomic mass is 32.2. The molecule has 0 aliphatic carbocycles. The first kappa shape index (κ1) is 22.8. The predicted octanol–water partition coefficient (Wildman–Crippen LogP) is 2.96. The van der Waals surface area contributed by atoms with Crippen molar-refractivity contribution >= 4 is 21.6 Å². The smallest absolute Gasteiger partial charge is 0.363 e. The number of anilines is 1. The SMILES string of the molecule is CC1CC(C)CN(S(=O)(=O)N2CCN(c3ccc(C(F)(F)F)cc3[N+](=O)[O-])CC2)C1. The summed E-state index contributed by atoms with van der Waals surface area (Å²) in [7, 11) is -3.65. The van der Waals surface area contributed by atoms with E-state index in [1.54, 1.807) is 4.90 Å². The normalized spacial score (nSPS) is 24.8. The molecule has 0 bridgehead atoms. The summed E-state index contributed by atoms with van der Waals surface area (Å²) in [6.45, 7) is 5.47. The molecule has 3 rings (SSSR count). The standard InChI is InChI=1S/C18H25F3N4O4S/c1-13-9-14(2)12-24(11-13)30(28,29)23-7-5-22(6-8-23)16-4-3-15(18(19,20)21)10-17(16)25(26)27/h3-4,10,13-14H,5-9,11-12H2,1-2H3. The summed E-state index contributed by atoms with van der Waals surface area (Å²) in [4.78, 5) is 12.1. The second-order valence-corrected chi connectivity index (χ2v) is 10.0. The Morgan fingerprint density at radius 3 is 2.10 bits per heavy atom. The first-order valence-corrected chi connectivity index (χ1v) is 11.1. The highest BCUT2D eigenvalue weighted by Gasteiger charge is 2.38. The van der Waals surface area contributed by atoms with Crippen molar-refractivity contribution < 1.29 is 26.5 Å². The van der Waals surface area contributed by atoms with Crippen molar-refractivity contribution in [2.24, 2.45) is 11.8 Å². The Labute approximate surface area is 173 Å². The van der Waals surface area contributed by atoms with Crippen LogP contribution in [0.5, 0.6) is 0 Å². The summed E-state index contributed by atoms with van der Waals surface area (Å²) in [5.74, 6) is 0.527. The second-order valence-electron chi connectivity index (χ2n) is 8.12. The van der Waals surface area contributed by atoms with E-state index in [1.807, 2.05) is 13.8 Å². The van der Waals surface area contributed by atoms with Gasteiger partial charge in [-0.1, -0.05) is 13.8 Å². The summed E-state index contributed by atoms with van der Waals surface area (Å²) in [6, 6.07) is 2.41. The zero-order chi connectivity index (χ0) is 22.3. The van der Waals surface area contributed by atoms with E-state index in [0.717, 1.165) is 18.6 Å². The van der Waals surface area contributed by atoms with Crippen LogP contribution in [0.25, 0.3) is 0 Å². The van der Waals surface area contributed by atoms with E-state index < -0.39 is 32.6 Å². The zero-order valence-electron chi connectivity index (χ0n) is 16.8. The van der Waals surface area contributed by atoms with Gasteiger partial charge in [-0.15, -0.1) is 0 Å². The molecule has 2 fully saturated rings. The van der Waals surface area contributed by atoms with Crippen molar-refractivity contribution in [1.82, 2.24) is 8.61 Å². The predicted molar refractivity (Wildman–Crippen MR) is 105 cm³/mol. The largest absolute Gasteiger partial charge is 0.416 e. The summed E-state index contributed by atoms with van der Waals surface area (Å²) in [5.41, 5.74) is -1.67. The van der Waals surface area contributed by atoms with Crippen LogP contribution >= 0.6 is 0 Å². The molecule has 0 radical (unpaired) electrons. The van der Waals surface area contributed by atoms with E-state index >= 15 is 0 Å². The van der Waals surface area contributed by atoms with E-state index in [1.165, 1.54) is 8.61 Å². The van der Waals surface area contributed by atoms with Crippen molar-refractivity contribution in [3.8, 4) is 0 Å². The molecule has 2 unspecified atom stereocenters. The Morgan fingerprint density at radius 2 is 1.60 bits per heavy atom. The Morgan fingerprint density at radius 1 is 1.03 bits per heavy atom. The van der Waals surface area contributed by atoms with E-state index in [2.05, 4.69) is 0 Å². The van der Waals surface area contributed by atoms with Crippen molar-refractivity contribution in [2.45, 2.75) is 26.4 Å². The summed E-state index contributed by atoms with van der Waals surface area (Å²) in [5, 5.41) is 11.3. The second kappa shape index (κ2) is 8.31. The highest BCUT2D eigenvalue weighted by molar-refractivity contribution is 7.86. The van der Waals surface area contributed by atoms with Gasteiger partial charge in [0.05, 0.1) is 10.5 Å². The molecule has 2 saturated heterocycles. The van der Waals surface area contributed by atoms with Crippen molar-refractivity contribution in [2.75, 3.05) is 44.2 Å². The maximum atomic E-state index is 13.0. The number of alkyl halides is 3. The van der Waals surface area contributed by atoms with Gasteiger partial charge in [0, 0.05) is 45.3 Å². The van der Waals surface area contributed by atoms with Gasteiger partial charge in [0.15, 0.2) is 0 Å². The van der Waals surface area contributed by atoms with Gasteiger partial charge in [0.25, 0.3) is 15.9 Å². The molecule has 0 spiro atoms. The van der Waals surface area contributed by atoms with Gasteiger partial charge in [-0.05, 0) is 30.4 Å². The average Bonchev–Trinajstić information content (AvgIpc) is 2.66. The third-order valence-electron chi connectivity index (χ3n) is 5.57. The van der Waals surface area contributed by atoms with Crippen molar-refractivity contribution in [1.29, 1.82) is 0 Å². The van der Waals surface area contributed by atoms with Gasteiger partial charge in [-0.2, -0.15) is 30.2 Å². The number of nitrogens with zero attached hydrogens (tertiary/aromatic N) is 4. The van der Waals surface area contributed by atoms with Gasteiger partial charge in [0.1, 0.15) is 5.69 Å². The van der Waals surface area contributed by atoms with Crippen molar-refractivity contribution in [3.63, 3.8) is 0 Å². The van der Waals surface area contributed by atoms with Crippen LogP contribution in [0.3, 0.4) is 0 Å². The lowest BCUT2D eigenvalue weighted by atomic mass is 9.94. The molecule has 1 aromatic carbocycles. The van der Waals surface area contributed by atoms with Crippen LogP contribution in [0, 0.1) is 22.0 Å². The molecule has 8 nitrogen and oxygen atoms in total. The van der Waals surface area contributed by atoms with Gasteiger partial charge in [-0.25, -0.2) is 0 Å². The van der Waals surface area contributed by atoms with Crippen LogP contribution in [0.1, 0.15) is 25.8 Å². The molecular weight excluding hydrogens is 425 g/mol. The monoisotopic (exact) mass is 450 g/mol. The number of nitro groups is 1. The molecule has 0 amide bonds. The topological polar surface area (TPSA) is 87.0 Å². The first-order chi connectivity index (χ1) is 13.9. The third kappa shape index (κ3) is 4.70.